The maximum Gasteiger partial charge on any atom is 0.124 e. The molecule has 0 bridgehead atoms. The van der Waals surface area contributed by atoms with E-state index in [2.05, 4.69) is 29.6 Å². The molecule has 3 aromatic carbocycles. The number of benzene rings is 3. The number of nitrogens with one attached hydrogen (secondary N) is 1. The van der Waals surface area contributed by atoms with Crippen LogP contribution in [-0.4, -0.2) is 0 Å². The van der Waals surface area contributed by atoms with E-state index in [1.807, 2.05) is 54.6 Å². The van der Waals surface area contributed by atoms with Crippen LogP contribution in [0.4, 0.5) is 0 Å². The van der Waals surface area contributed by atoms with Crippen LogP contribution in [0.5, 0.6) is 5.75 Å². The largest absolute Gasteiger partial charge is 0.489 e. The normalized spacial score (nSPS) is 10.1. The Morgan fingerprint density at radius 2 is 1.40 bits per heavy atom. The van der Waals surface area contributed by atoms with E-state index >= 15 is 0 Å². The molecule has 3 aromatic rings. The van der Waals surface area contributed by atoms with Crippen LogP contribution in [0.2, 0.25) is 5.02 Å². The molecule has 0 amide bonds. The lowest BCUT2D eigenvalue weighted by atomic mass is 10.1. The molecule has 0 spiro atoms. The van der Waals surface area contributed by atoms with Gasteiger partial charge in [-0.05, 0) is 29.3 Å². The Hall–Kier alpha value is -2.00. The number of rotatable bonds is 7. The van der Waals surface area contributed by atoms with Crippen LogP contribution in [0.3, 0.4) is 0 Å². The lowest BCUT2D eigenvalue weighted by Gasteiger charge is -2.13. The predicted molar refractivity (Wildman–Crippen MR) is 106 cm³/mol. The summed E-state index contributed by atoms with van der Waals surface area (Å²) in [4.78, 5) is 0. The van der Waals surface area contributed by atoms with Crippen LogP contribution in [0, 0.1) is 0 Å². The van der Waals surface area contributed by atoms with Crippen LogP contribution >= 0.6 is 24.0 Å². The van der Waals surface area contributed by atoms with E-state index < -0.39 is 0 Å². The minimum atomic E-state index is 0. The Labute approximate surface area is 160 Å². The zero-order valence-corrected chi connectivity index (χ0v) is 15.4. The van der Waals surface area contributed by atoms with Crippen molar-refractivity contribution in [3.63, 3.8) is 0 Å². The molecule has 0 radical (unpaired) electrons. The van der Waals surface area contributed by atoms with Crippen molar-refractivity contribution in [2.75, 3.05) is 0 Å². The maximum atomic E-state index is 6.15. The van der Waals surface area contributed by atoms with E-state index in [0.717, 1.165) is 28.4 Å². The average molecular weight is 374 g/mol. The second-order valence-electron chi connectivity index (χ2n) is 5.62. The molecule has 0 atom stereocenters. The Kier molecular flexibility index (Phi) is 7.80. The zero-order valence-electron chi connectivity index (χ0n) is 13.8. The molecule has 3 rings (SSSR count). The first-order valence-electron chi connectivity index (χ1n) is 8.01. The number of halogens is 2. The number of hydrogen-bond acceptors (Lipinski definition) is 2. The highest BCUT2D eigenvalue weighted by atomic mass is 35.5. The van der Waals surface area contributed by atoms with Crippen molar-refractivity contribution in [3.8, 4) is 5.75 Å². The molecule has 0 heterocycles. The first-order chi connectivity index (χ1) is 11.8. The van der Waals surface area contributed by atoms with Gasteiger partial charge in [0, 0.05) is 23.7 Å². The van der Waals surface area contributed by atoms with Crippen molar-refractivity contribution in [3.05, 3.63) is 101 Å². The van der Waals surface area contributed by atoms with Gasteiger partial charge in [-0.1, -0.05) is 72.3 Å². The summed E-state index contributed by atoms with van der Waals surface area (Å²) in [7, 11) is 0. The summed E-state index contributed by atoms with van der Waals surface area (Å²) >= 11 is 6.15. The quantitative estimate of drug-likeness (QED) is 0.579. The monoisotopic (exact) mass is 373 g/mol. The Bertz CT molecular complexity index is 763. The molecular formula is C21H21Cl2NO. The summed E-state index contributed by atoms with van der Waals surface area (Å²) in [6.07, 6.45) is 0. The minimum absolute atomic E-state index is 0. The minimum Gasteiger partial charge on any atom is -0.489 e. The summed E-state index contributed by atoms with van der Waals surface area (Å²) in [6, 6.07) is 26.2. The second-order valence-corrected chi connectivity index (χ2v) is 6.05. The van der Waals surface area contributed by atoms with Gasteiger partial charge in [-0.3, -0.25) is 0 Å². The standard InChI is InChI=1S/C21H20ClNO.ClH/c22-20-11-12-21(24-16-18-9-5-2-6-10-18)19(13-20)15-23-14-17-7-3-1-4-8-17;/h1-13,23H,14-16H2;1H. The van der Waals surface area contributed by atoms with Gasteiger partial charge in [0.05, 0.1) is 0 Å². The molecule has 0 aliphatic rings. The topological polar surface area (TPSA) is 21.3 Å². The van der Waals surface area contributed by atoms with E-state index in [0.29, 0.717) is 13.2 Å². The van der Waals surface area contributed by atoms with Crippen molar-refractivity contribution in [1.29, 1.82) is 0 Å². The Morgan fingerprint density at radius 1 is 0.760 bits per heavy atom. The SMILES string of the molecule is Cl.Clc1ccc(OCc2ccccc2)c(CNCc2ccccc2)c1. The molecule has 0 aliphatic heterocycles. The Morgan fingerprint density at radius 3 is 2.08 bits per heavy atom. The first kappa shape index (κ1) is 19.3. The van der Waals surface area contributed by atoms with Gasteiger partial charge in [-0.2, -0.15) is 0 Å². The van der Waals surface area contributed by atoms with Gasteiger partial charge in [-0.15, -0.1) is 12.4 Å². The lowest BCUT2D eigenvalue weighted by Crippen LogP contribution is -2.13. The molecule has 0 saturated carbocycles. The van der Waals surface area contributed by atoms with Crippen LogP contribution in [0.15, 0.2) is 78.9 Å². The van der Waals surface area contributed by atoms with Crippen molar-refractivity contribution >= 4 is 24.0 Å². The van der Waals surface area contributed by atoms with Crippen molar-refractivity contribution in [2.45, 2.75) is 19.7 Å². The second kappa shape index (κ2) is 10.1. The summed E-state index contributed by atoms with van der Waals surface area (Å²) < 4.78 is 5.98. The third kappa shape index (κ3) is 6.09. The summed E-state index contributed by atoms with van der Waals surface area (Å²) in [5.74, 6) is 0.865. The molecule has 0 unspecified atom stereocenters. The average Bonchev–Trinajstić information content (AvgIpc) is 2.63. The van der Waals surface area contributed by atoms with E-state index in [-0.39, 0.29) is 12.4 Å². The van der Waals surface area contributed by atoms with Crippen molar-refractivity contribution < 1.29 is 4.74 Å². The number of ether oxygens (including phenoxy) is 1. The van der Waals surface area contributed by atoms with Gasteiger partial charge in [0.15, 0.2) is 0 Å². The van der Waals surface area contributed by atoms with Crippen LogP contribution in [0.25, 0.3) is 0 Å². The Balaban J connectivity index is 0.00000225. The maximum absolute atomic E-state index is 6.15. The highest BCUT2D eigenvalue weighted by Crippen LogP contribution is 2.24. The van der Waals surface area contributed by atoms with Gasteiger partial charge in [0.2, 0.25) is 0 Å². The zero-order chi connectivity index (χ0) is 16.6. The van der Waals surface area contributed by atoms with Crippen LogP contribution in [-0.2, 0) is 19.7 Å². The van der Waals surface area contributed by atoms with Gasteiger partial charge in [0.25, 0.3) is 0 Å². The predicted octanol–water partition coefficient (Wildman–Crippen LogP) is 5.63. The first-order valence-corrected chi connectivity index (χ1v) is 8.39. The number of hydrogen-bond donors (Lipinski definition) is 1. The van der Waals surface area contributed by atoms with Crippen molar-refractivity contribution in [2.24, 2.45) is 0 Å². The molecule has 130 valence electrons. The molecule has 25 heavy (non-hydrogen) atoms. The van der Waals surface area contributed by atoms with E-state index in [1.165, 1.54) is 5.56 Å². The fraction of sp³-hybridized carbons (Fsp3) is 0.143. The molecule has 2 nitrogen and oxygen atoms in total. The molecular weight excluding hydrogens is 353 g/mol. The van der Waals surface area contributed by atoms with Gasteiger partial charge >= 0.3 is 0 Å². The highest BCUT2D eigenvalue weighted by Gasteiger charge is 2.05. The summed E-state index contributed by atoms with van der Waals surface area (Å²) in [6.45, 7) is 2.07. The van der Waals surface area contributed by atoms with E-state index in [1.54, 1.807) is 0 Å². The lowest BCUT2D eigenvalue weighted by molar-refractivity contribution is 0.302. The molecule has 0 aromatic heterocycles. The summed E-state index contributed by atoms with van der Waals surface area (Å²) in [5, 5.41) is 4.17. The highest BCUT2D eigenvalue weighted by molar-refractivity contribution is 6.30. The summed E-state index contributed by atoms with van der Waals surface area (Å²) in [5.41, 5.74) is 3.47. The van der Waals surface area contributed by atoms with Crippen LogP contribution < -0.4 is 10.1 Å². The van der Waals surface area contributed by atoms with Crippen molar-refractivity contribution in [1.82, 2.24) is 5.32 Å². The smallest absolute Gasteiger partial charge is 0.124 e. The molecule has 0 saturated heterocycles. The van der Waals surface area contributed by atoms with Gasteiger partial charge in [-0.25, -0.2) is 0 Å². The third-order valence-electron chi connectivity index (χ3n) is 3.75. The van der Waals surface area contributed by atoms with Gasteiger partial charge < -0.3 is 10.1 Å². The molecule has 0 fully saturated rings. The molecule has 1 N–H and O–H groups in total. The van der Waals surface area contributed by atoms with E-state index in [4.69, 9.17) is 16.3 Å². The van der Waals surface area contributed by atoms with Crippen LogP contribution in [0.1, 0.15) is 16.7 Å². The molecule has 4 heteroatoms. The third-order valence-corrected chi connectivity index (χ3v) is 3.98. The van der Waals surface area contributed by atoms with E-state index in [9.17, 15) is 0 Å². The fourth-order valence-electron chi connectivity index (χ4n) is 2.50. The fourth-order valence-corrected chi connectivity index (χ4v) is 2.69. The molecule has 0 aliphatic carbocycles. The van der Waals surface area contributed by atoms with Gasteiger partial charge in [0.1, 0.15) is 12.4 Å².